The summed E-state index contributed by atoms with van der Waals surface area (Å²) in [5.74, 6) is 1.28. The van der Waals surface area contributed by atoms with Crippen molar-refractivity contribution in [2.75, 3.05) is 5.73 Å². The van der Waals surface area contributed by atoms with Crippen LogP contribution in [0.4, 0.5) is 5.82 Å². The molecule has 0 atom stereocenters. The Bertz CT molecular complexity index is 563. The molecule has 18 heavy (non-hydrogen) atoms. The number of nitrogens with zero attached hydrogens (tertiary/aromatic N) is 1. The first-order valence-corrected chi connectivity index (χ1v) is 6.37. The molecule has 1 aromatic heterocycles. The highest BCUT2D eigenvalue weighted by atomic mass is 35.5. The number of nitrogens with one attached hydrogen (secondary N) is 1. The lowest BCUT2D eigenvalue weighted by atomic mass is 9.96. The van der Waals surface area contributed by atoms with Gasteiger partial charge in [0.25, 0.3) is 0 Å². The number of benzene rings is 1. The van der Waals surface area contributed by atoms with E-state index in [1.54, 1.807) is 6.20 Å². The summed E-state index contributed by atoms with van der Waals surface area (Å²) in [6, 6.07) is 5.69. The molecule has 0 bridgehead atoms. The van der Waals surface area contributed by atoms with Crippen molar-refractivity contribution >= 4 is 17.4 Å². The van der Waals surface area contributed by atoms with E-state index in [2.05, 4.69) is 10.2 Å². The highest BCUT2D eigenvalue weighted by Gasteiger charge is 2.20. The molecule has 2 aromatic rings. The van der Waals surface area contributed by atoms with Crippen molar-refractivity contribution in [3.8, 4) is 16.9 Å². The van der Waals surface area contributed by atoms with Crippen LogP contribution in [-0.2, 0) is 0 Å². The normalized spacial score (nSPS) is 15.4. The second kappa shape index (κ2) is 4.53. The average molecular weight is 264 g/mol. The number of nitrogens with two attached hydrogens (primary N) is 1. The summed E-state index contributed by atoms with van der Waals surface area (Å²) in [5.41, 5.74) is 7.57. The number of nitrogen functional groups attached to an aromatic ring is 1. The predicted molar refractivity (Wildman–Crippen MR) is 71.7 cm³/mol. The topological polar surface area (TPSA) is 63.9 Å². The van der Waals surface area contributed by atoms with Crippen molar-refractivity contribution in [1.82, 2.24) is 10.2 Å². The minimum Gasteiger partial charge on any atom is -0.489 e. The van der Waals surface area contributed by atoms with Crippen LogP contribution in [0, 0.1) is 0 Å². The van der Waals surface area contributed by atoms with Gasteiger partial charge in [-0.15, -0.1) is 0 Å². The number of halogens is 1. The summed E-state index contributed by atoms with van der Waals surface area (Å²) in [6.07, 6.45) is 5.49. The number of hydrogen-bond donors (Lipinski definition) is 2. The minimum absolute atomic E-state index is 0.326. The molecular weight excluding hydrogens is 250 g/mol. The zero-order valence-electron chi connectivity index (χ0n) is 9.82. The second-order valence-electron chi connectivity index (χ2n) is 4.51. The van der Waals surface area contributed by atoms with E-state index in [1.165, 1.54) is 6.42 Å². The molecule has 3 N–H and O–H groups in total. The minimum atomic E-state index is 0.326. The number of hydrogen-bond acceptors (Lipinski definition) is 3. The van der Waals surface area contributed by atoms with Crippen molar-refractivity contribution in [2.45, 2.75) is 25.4 Å². The van der Waals surface area contributed by atoms with E-state index < -0.39 is 0 Å². The zero-order chi connectivity index (χ0) is 12.5. The molecule has 0 amide bonds. The first-order valence-electron chi connectivity index (χ1n) is 5.99. The third-order valence-corrected chi connectivity index (χ3v) is 3.55. The van der Waals surface area contributed by atoms with Gasteiger partial charge in [-0.25, -0.2) is 0 Å². The van der Waals surface area contributed by atoms with Gasteiger partial charge in [0.2, 0.25) is 0 Å². The SMILES string of the molecule is Nc1[nH]ncc1-c1ccc(OC2CCC2)c(Cl)c1. The smallest absolute Gasteiger partial charge is 0.138 e. The van der Waals surface area contributed by atoms with Gasteiger partial charge >= 0.3 is 0 Å². The molecule has 0 unspecified atom stereocenters. The van der Waals surface area contributed by atoms with Crippen LogP contribution in [-0.4, -0.2) is 16.3 Å². The van der Waals surface area contributed by atoms with Crippen molar-refractivity contribution in [3.05, 3.63) is 29.4 Å². The molecule has 5 heteroatoms. The lowest BCUT2D eigenvalue weighted by Gasteiger charge is -2.26. The van der Waals surface area contributed by atoms with Crippen LogP contribution in [0.1, 0.15) is 19.3 Å². The van der Waals surface area contributed by atoms with Crippen LogP contribution in [0.3, 0.4) is 0 Å². The van der Waals surface area contributed by atoms with Crippen LogP contribution < -0.4 is 10.5 Å². The average Bonchev–Trinajstić information content (AvgIpc) is 2.71. The predicted octanol–water partition coefficient (Wildman–Crippen LogP) is 3.24. The van der Waals surface area contributed by atoms with Crippen LogP contribution in [0.5, 0.6) is 5.75 Å². The Hall–Kier alpha value is -1.68. The molecule has 0 spiro atoms. The molecule has 1 saturated carbocycles. The van der Waals surface area contributed by atoms with Crippen molar-refractivity contribution in [3.63, 3.8) is 0 Å². The van der Waals surface area contributed by atoms with E-state index in [0.717, 1.165) is 29.7 Å². The fourth-order valence-electron chi connectivity index (χ4n) is 1.96. The first-order chi connectivity index (χ1) is 8.74. The summed E-state index contributed by atoms with van der Waals surface area (Å²) in [4.78, 5) is 0. The zero-order valence-corrected chi connectivity index (χ0v) is 10.6. The lowest BCUT2D eigenvalue weighted by molar-refractivity contribution is 0.120. The van der Waals surface area contributed by atoms with Gasteiger partial charge in [-0.1, -0.05) is 17.7 Å². The molecule has 1 aliphatic carbocycles. The molecule has 94 valence electrons. The number of aromatic nitrogens is 2. The highest BCUT2D eigenvalue weighted by Crippen LogP contribution is 2.34. The molecular formula is C13H14ClN3O. The fourth-order valence-corrected chi connectivity index (χ4v) is 2.18. The van der Waals surface area contributed by atoms with Gasteiger partial charge in [-0.05, 0) is 37.0 Å². The number of rotatable bonds is 3. The lowest BCUT2D eigenvalue weighted by Crippen LogP contribution is -2.24. The van der Waals surface area contributed by atoms with Crippen LogP contribution >= 0.6 is 11.6 Å². The summed E-state index contributed by atoms with van der Waals surface area (Å²) >= 11 is 6.23. The van der Waals surface area contributed by atoms with Crippen LogP contribution in [0.25, 0.3) is 11.1 Å². The fraction of sp³-hybridized carbons (Fsp3) is 0.308. The Morgan fingerprint density at radius 2 is 2.22 bits per heavy atom. The maximum atomic E-state index is 6.23. The second-order valence-corrected chi connectivity index (χ2v) is 4.92. The van der Waals surface area contributed by atoms with Gasteiger partial charge in [0.15, 0.2) is 0 Å². The number of ether oxygens (including phenoxy) is 1. The van der Waals surface area contributed by atoms with Gasteiger partial charge in [0, 0.05) is 5.56 Å². The molecule has 3 rings (SSSR count). The van der Waals surface area contributed by atoms with E-state index in [-0.39, 0.29) is 0 Å². The van der Waals surface area contributed by atoms with Crippen LogP contribution in [0.15, 0.2) is 24.4 Å². The third kappa shape index (κ3) is 2.04. The first kappa shape index (κ1) is 11.4. The Balaban J connectivity index is 1.86. The van der Waals surface area contributed by atoms with Gasteiger partial charge in [-0.2, -0.15) is 5.10 Å². The van der Waals surface area contributed by atoms with E-state index in [1.807, 2.05) is 18.2 Å². The quantitative estimate of drug-likeness (QED) is 0.893. The van der Waals surface area contributed by atoms with Gasteiger partial charge in [0.05, 0.1) is 17.3 Å². The molecule has 1 aromatic carbocycles. The molecule has 0 saturated heterocycles. The maximum absolute atomic E-state index is 6.23. The monoisotopic (exact) mass is 263 g/mol. The highest BCUT2D eigenvalue weighted by molar-refractivity contribution is 6.32. The van der Waals surface area contributed by atoms with Gasteiger partial charge in [-0.3, -0.25) is 5.10 Å². The summed E-state index contributed by atoms with van der Waals surface area (Å²) < 4.78 is 5.80. The van der Waals surface area contributed by atoms with Crippen molar-refractivity contribution in [2.24, 2.45) is 0 Å². The Morgan fingerprint density at radius 3 is 2.78 bits per heavy atom. The largest absolute Gasteiger partial charge is 0.489 e. The summed E-state index contributed by atoms with van der Waals surface area (Å²) in [7, 11) is 0. The Morgan fingerprint density at radius 1 is 1.39 bits per heavy atom. The number of aromatic amines is 1. The number of H-pyrrole nitrogens is 1. The molecule has 0 radical (unpaired) electrons. The van der Waals surface area contributed by atoms with E-state index in [4.69, 9.17) is 22.1 Å². The Kier molecular flexibility index (Phi) is 2.88. The molecule has 1 fully saturated rings. The van der Waals surface area contributed by atoms with Gasteiger partial charge < -0.3 is 10.5 Å². The molecule has 4 nitrogen and oxygen atoms in total. The molecule has 1 aliphatic rings. The van der Waals surface area contributed by atoms with Gasteiger partial charge in [0.1, 0.15) is 11.6 Å². The molecule has 1 heterocycles. The summed E-state index contributed by atoms with van der Waals surface area (Å²) in [6.45, 7) is 0. The third-order valence-electron chi connectivity index (χ3n) is 3.26. The van der Waals surface area contributed by atoms with Crippen molar-refractivity contribution < 1.29 is 4.74 Å². The summed E-state index contributed by atoms with van der Waals surface area (Å²) in [5, 5.41) is 7.21. The van der Waals surface area contributed by atoms with E-state index >= 15 is 0 Å². The van der Waals surface area contributed by atoms with E-state index in [9.17, 15) is 0 Å². The Labute approximate surface area is 110 Å². The maximum Gasteiger partial charge on any atom is 0.138 e. The van der Waals surface area contributed by atoms with Crippen LogP contribution in [0.2, 0.25) is 5.02 Å². The van der Waals surface area contributed by atoms with E-state index in [0.29, 0.717) is 16.9 Å². The number of anilines is 1. The standard InChI is InChI=1S/C13H14ClN3O/c14-11-6-8(10-7-16-17-13(10)15)4-5-12(11)18-9-2-1-3-9/h4-7,9H,1-3H2,(H3,15,16,17). The van der Waals surface area contributed by atoms with Crippen molar-refractivity contribution in [1.29, 1.82) is 0 Å². The molecule has 0 aliphatic heterocycles.